The average molecular weight is 354 g/mol. The third kappa shape index (κ3) is 4.16. The molecule has 0 aliphatic rings. The van der Waals surface area contributed by atoms with E-state index in [1.54, 1.807) is 7.05 Å². The molecule has 0 fully saturated rings. The molecule has 0 aliphatic heterocycles. The molecule has 2 aromatic carbocycles. The van der Waals surface area contributed by atoms with Gasteiger partial charge in [0, 0.05) is 18.1 Å². The number of rotatable bonds is 5. The summed E-state index contributed by atoms with van der Waals surface area (Å²) in [7, 11) is -1.69. The van der Waals surface area contributed by atoms with Crippen molar-refractivity contribution in [2.45, 2.75) is 12.3 Å². The molecule has 0 atom stereocenters. The first-order chi connectivity index (χ1) is 9.47. The van der Waals surface area contributed by atoms with Gasteiger partial charge in [-0.15, -0.1) is 0 Å². The summed E-state index contributed by atoms with van der Waals surface area (Å²) in [5.41, 5.74) is 1.77. The van der Waals surface area contributed by atoms with E-state index in [1.165, 1.54) is 4.31 Å². The summed E-state index contributed by atoms with van der Waals surface area (Å²) in [6.45, 7) is 0.377. The Bertz CT molecular complexity index is 654. The van der Waals surface area contributed by atoms with E-state index in [1.807, 2.05) is 54.6 Å². The summed E-state index contributed by atoms with van der Waals surface area (Å²) in [6, 6.07) is 16.9. The zero-order chi connectivity index (χ0) is 14.6. The first-order valence-electron chi connectivity index (χ1n) is 6.20. The maximum absolute atomic E-state index is 12.3. The van der Waals surface area contributed by atoms with Gasteiger partial charge in [0.05, 0.1) is 5.75 Å². The predicted octanol–water partition coefficient (Wildman–Crippen LogP) is 3.41. The van der Waals surface area contributed by atoms with E-state index in [0.29, 0.717) is 6.54 Å². The molecule has 0 aromatic heterocycles. The Kier molecular flexibility index (Phi) is 4.96. The second-order valence-corrected chi connectivity index (χ2v) is 7.62. The third-order valence-electron chi connectivity index (χ3n) is 2.99. The molecule has 0 heterocycles. The molecule has 0 N–H and O–H groups in total. The van der Waals surface area contributed by atoms with Crippen molar-refractivity contribution in [1.29, 1.82) is 0 Å². The molecule has 2 rings (SSSR count). The van der Waals surface area contributed by atoms with Crippen LogP contribution in [0.5, 0.6) is 0 Å². The lowest BCUT2D eigenvalue weighted by atomic mass is 10.2. The molecule has 20 heavy (non-hydrogen) atoms. The molecule has 2 aromatic rings. The van der Waals surface area contributed by atoms with Crippen LogP contribution in [0.25, 0.3) is 0 Å². The monoisotopic (exact) mass is 353 g/mol. The van der Waals surface area contributed by atoms with Crippen LogP contribution >= 0.6 is 15.9 Å². The molecule has 106 valence electrons. The van der Waals surface area contributed by atoms with Gasteiger partial charge in [-0.05, 0) is 23.3 Å². The summed E-state index contributed by atoms with van der Waals surface area (Å²) in [4.78, 5) is 0. The van der Waals surface area contributed by atoms with Crippen LogP contribution in [0.4, 0.5) is 0 Å². The average Bonchev–Trinajstić information content (AvgIpc) is 2.42. The summed E-state index contributed by atoms with van der Waals surface area (Å²) in [5, 5.41) is 0. The van der Waals surface area contributed by atoms with Crippen molar-refractivity contribution in [1.82, 2.24) is 4.31 Å². The zero-order valence-corrected chi connectivity index (χ0v) is 13.6. The van der Waals surface area contributed by atoms with Crippen LogP contribution < -0.4 is 0 Å². The summed E-state index contributed by atoms with van der Waals surface area (Å²) >= 11 is 3.36. The number of nitrogens with zero attached hydrogens (tertiary/aromatic N) is 1. The normalized spacial score (nSPS) is 11.8. The minimum Gasteiger partial charge on any atom is -0.212 e. The van der Waals surface area contributed by atoms with Gasteiger partial charge in [-0.1, -0.05) is 58.4 Å². The Balaban J connectivity index is 2.07. The zero-order valence-electron chi connectivity index (χ0n) is 11.2. The molecule has 0 saturated heterocycles. The minimum atomic E-state index is -3.30. The molecule has 5 heteroatoms. The lowest BCUT2D eigenvalue weighted by molar-refractivity contribution is 0.466. The Hall–Kier alpha value is -1.17. The smallest absolute Gasteiger partial charge is 0.212 e. The first-order valence-corrected chi connectivity index (χ1v) is 8.60. The Morgan fingerprint density at radius 2 is 1.55 bits per heavy atom. The lowest BCUT2D eigenvalue weighted by Gasteiger charge is -2.17. The van der Waals surface area contributed by atoms with E-state index in [4.69, 9.17) is 0 Å². The summed E-state index contributed by atoms with van der Waals surface area (Å²) in [6.07, 6.45) is 0. The largest absolute Gasteiger partial charge is 0.218 e. The lowest BCUT2D eigenvalue weighted by Crippen LogP contribution is -2.27. The highest BCUT2D eigenvalue weighted by molar-refractivity contribution is 9.10. The van der Waals surface area contributed by atoms with Gasteiger partial charge >= 0.3 is 0 Å². The third-order valence-corrected chi connectivity index (χ3v) is 5.29. The molecular weight excluding hydrogens is 338 g/mol. The van der Waals surface area contributed by atoms with Gasteiger partial charge in [0.15, 0.2) is 0 Å². The fourth-order valence-electron chi connectivity index (χ4n) is 1.84. The van der Waals surface area contributed by atoms with Crippen molar-refractivity contribution in [2.24, 2.45) is 0 Å². The molecule has 0 unspecified atom stereocenters. The van der Waals surface area contributed by atoms with Gasteiger partial charge in [-0.2, -0.15) is 0 Å². The number of hydrogen-bond donors (Lipinski definition) is 0. The van der Waals surface area contributed by atoms with E-state index in [0.717, 1.165) is 15.6 Å². The van der Waals surface area contributed by atoms with E-state index < -0.39 is 10.0 Å². The fourth-order valence-corrected chi connectivity index (χ4v) is 3.28. The van der Waals surface area contributed by atoms with Gasteiger partial charge < -0.3 is 0 Å². The van der Waals surface area contributed by atoms with Crippen LogP contribution in [0, 0.1) is 0 Å². The Morgan fingerprint density at radius 3 is 2.15 bits per heavy atom. The predicted molar refractivity (Wildman–Crippen MR) is 84.7 cm³/mol. The van der Waals surface area contributed by atoms with Gasteiger partial charge in [0.2, 0.25) is 10.0 Å². The van der Waals surface area contributed by atoms with Gasteiger partial charge in [0.1, 0.15) is 0 Å². The van der Waals surface area contributed by atoms with Crippen LogP contribution in [-0.2, 0) is 22.3 Å². The van der Waals surface area contributed by atoms with Gasteiger partial charge in [-0.3, -0.25) is 0 Å². The molecule has 0 radical (unpaired) electrons. The quantitative estimate of drug-likeness (QED) is 0.825. The van der Waals surface area contributed by atoms with Crippen LogP contribution in [0.3, 0.4) is 0 Å². The molecule has 0 bridgehead atoms. The second kappa shape index (κ2) is 6.52. The van der Waals surface area contributed by atoms with E-state index in [2.05, 4.69) is 15.9 Å². The van der Waals surface area contributed by atoms with E-state index >= 15 is 0 Å². The first kappa shape index (κ1) is 15.2. The highest BCUT2D eigenvalue weighted by Crippen LogP contribution is 2.15. The molecule has 0 saturated carbocycles. The Labute approximate surface area is 128 Å². The Morgan fingerprint density at radius 1 is 0.950 bits per heavy atom. The van der Waals surface area contributed by atoms with Crippen molar-refractivity contribution in [2.75, 3.05) is 7.05 Å². The summed E-state index contributed by atoms with van der Waals surface area (Å²) in [5.74, 6) is 0.0286. The maximum Gasteiger partial charge on any atom is 0.218 e. The van der Waals surface area contributed by atoms with Crippen molar-refractivity contribution >= 4 is 26.0 Å². The standard InChI is InChI=1S/C15H16BrNO2S/c1-17(11-13-7-9-15(16)10-8-13)20(18,19)12-14-5-3-2-4-6-14/h2-10H,11-12H2,1H3. The van der Waals surface area contributed by atoms with Gasteiger partial charge in [0.25, 0.3) is 0 Å². The van der Waals surface area contributed by atoms with Gasteiger partial charge in [-0.25, -0.2) is 12.7 Å². The van der Waals surface area contributed by atoms with Crippen LogP contribution in [0.1, 0.15) is 11.1 Å². The van der Waals surface area contributed by atoms with Crippen molar-refractivity contribution in [3.05, 3.63) is 70.2 Å². The molecule has 0 aliphatic carbocycles. The van der Waals surface area contributed by atoms with E-state index in [-0.39, 0.29) is 5.75 Å². The minimum absolute atomic E-state index is 0.0286. The maximum atomic E-state index is 12.3. The SMILES string of the molecule is CN(Cc1ccc(Br)cc1)S(=O)(=O)Cc1ccccc1. The topological polar surface area (TPSA) is 37.4 Å². The van der Waals surface area contributed by atoms with Crippen molar-refractivity contribution in [3.63, 3.8) is 0 Å². The molecule has 0 spiro atoms. The molecular formula is C15H16BrNO2S. The number of benzene rings is 2. The van der Waals surface area contributed by atoms with Crippen LogP contribution in [0.2, 0.25) is 0 Å². The molecule has 0 amide bonds. The van der Waals surface area contributed by atoms with Crippen molar-refractivity contribution in [3.8, 4) is 0 Å². The number of sulfonamides is 1. The fraction of sp³-hybridized carbons (Fsp3) is 0.200. The number of halogens is 1. The van der Waals surface area contributed by atoms with E-state index in [9.17, 15) is 8.42 Å². The highest BCUT2D eigenvalue weighted by atomic mass is 79.9. The number of hydrogen-bond acceptors (Lipinski definition) is 2. The second-order valence-electron chi connectivity index (χ2n) is 4.62. The van der Waals surface area contributed by atoms with Crippen LogP contribution in [0.15, 0.2) is 59.1 Å². The molecule has 3 nitrogen and oxygen atoms in total. The summed E-state index contributed by atoms with van der Waals surface area (Å²) < 4.78 is 27.0. The highest BCUT2D eigenvalue weighted by Gasteiger charge is 2.18. The van der Waals surface area contributed by atoms with Crippen molar-refractivity contribution < 1.29 is 8.42 Å². The van der Waals surface area contributed by atoms with Crippen LogP contribution in [-0.4, -0.2) is 19.8 Å².